The number of carbonyl (C=O) groups excluding carboxylic acids is 1. The maximum atomic E-state index is 13.5. The summed E-state index contributed by atoms with van der Waals surface area (Å²) < 4.78 is 1.89. The van der Waals surface area contributed by atoms with Crippen LogP contribution in [0.4, 0.5) is 0 Å². The molecule has 0 bridgehead atoms. The number of hydrogen-bond donors (Lipinski definition) is 1. The molecule has 0 aromatic carbocycles. The highest BCUT2D eigenvalue weighted by molar-refractivity contribution is 6.06. The van der Waals surface area contributed by atoms with Crippen molar-refractivity contribution in [2.75, 3.05) is 0 Å². The molecule has 1 aromatic rings. The van der Waals surface area contributed by atoms with Gasteiger partial charge in [0.2, 0.25) is 0 Å². The van der Waals surface area contributed by atoms with E-state index in [4.69, 9.17) is 0 Å². The number of allylic oxidation sites excluding steroid dienone is 1. The summed E-state index contributed by atoms with van der Waals surface area (Å²) in [6, 6.07) is 0. The van der Waals surface area contributed by atoms with Crippen molar-refractivity contribution in [3.05, 3.63) is 23.0 Å². The molecule has 0 spiro atoms. The lowest BCUT2D eigenvalue weighted by molar-refractivity contribution is -0.141. The summed E-state index contributed by atoms with van der Waals surface area (Å²) in [6.07, 6.45) is 12.7. The lowest BCUT2D eigenvalue weighted by Crippen LogP contribution is -2.54. The number of ketones is 1. The Kier molecular flexibility index (Phi) is 4.40. The number of hydrogen-bond acceptors (Lipinski definition) is 3. The minimum Gasteiger partial charge on any atom is -0.393 e. The summed E-state index contributed by atoms with van der Waals surface area (Å²) >= 11 is 0. The Morgan fingerprint density at radius 3 is 2.69 bits per heavy atom. The van der Waals surface area contributed by atoms with Crippen LogP contribution in [0, 0.1) is 41.4 Å². The van der Waals surface area contributed by atoms with Gasteiger partial charge in [-0.25, -0.2) is 0 Å². The van der Waals surface area contributed by atoms with Gasteiger partial charge in [-0.1, -0.05) is 13.8 Å². The van der Waals surface area contributed by atoms with E-state index < -0.39 is 0 Å². The first-order chi connectivity index (χ1) is 13.7. The molecule has 4 fully saturated rings. The molecule has 4 nitrogen and oxygen atoms in total. The van der Waals surface area contributed by atoms with Gasteiger partial charge < -0.3 is 5.11 Å². The van der Waals surface area contributed by atoms with Crippen LogP contribution in [0.1, 0.15) is 76.5 Å². The molecule has 0 aliphatic heterocycles. The van der Waals surface area contributed by atoms with Gasteiger partial charge in [-0.3, -0.25) is 9.48 Å². The van der Waals surface area contributed by atoms with Crippen LogP contribution in [-0.2, 0) is 11.8 Å². The van der Waals surface area contributed by atoms with Gasteiger partial charge in [0.15, 0.2) is 5.78 Å². The van der Waals surface area contributed by atoms with Crippen molar-refractivity contribution in [3.8, 4) is 0 Å². The van der Waals surface area contributed by atoms with E-state index in [0.717, 1.165) is 54.9 Å². The first-order valence-corrected chi connectivity index (χ1v) is 11.7. The van der Waals surface area contributed by atoms with Crippen LogP contribution in [0.5, 0.6) is 0 Å². The van der Waals surface area contributed by atoms with Gasteiger partial charge >= 0.3 is 0 Å². The summed E-state index contributed by atoms with van der Waals surface area (Å²) in [7, 11) is 1.96. The highest BCUT2D eigenvalue weighted by Crippen LogP contribution is 2.66. The average Bonchev–Trinajstić information content (AvgIpc) is 3.14. The van der Waals surface area contributed by atoms with Crippen molar-refractivity contribution >= 4 is 11.9 Å². The van der Waals surface area contributed by atoms with Crippen LogP contribution < -0.4 is 0 Å². The third-order valence-corrected chi connectivity index (χ3v) is 9.88. The predicted molar refractivity (Wildman–Crippen MR) is 114 cm³/mol. The van der Waals surface area contributed by atoms with Crippen LogP contribution in [0.15, 0.2) is 11.8 Å². The molecule has 0 amide bonds. The minimum absolute atomic E-state index is 0.0937. The van der Waals surface area contributed by atoms with Crippen molar-refractivity contribution in [2.24, 2.45) is 41.5 Å². The Balaban J connectivity index is 1.46. The molecule has 158 valence electrons. The van der Waals surface area contributed by atoms with Crippen LogP contribution in [-0.4, -0.2) is 26.8 Å². The molecule has 1 aromatic heterocycles. The molecule has 0 saturated heterocycles. The maximum absolute atomic E-state index is 13.5. The van der Waals surface area contributed by atoms with E-state index in [0.29, 0.717) is 29.0 Å². The van der Waals surface area contributed by atoms with Crippen molar-refractivity contribution in [3.63, 3.8) is 0 Å². The van der Waals surface area contributed by atoms with Crippen molar-refractivity contribution in [2.45, 2.75) is 78.2 Å². The fourth-order valence-corrected chi connectivity index (χ4v) is 7.88. The van der Waals surface area contributed by atoms with Crippen LogP contribution in [0.25, 0.3) is 6.08 Å². The van der Waals surface area contributed by atoms with Crippen LogP contribution >= 0.6 is 0 Å². The van der Waals surface area contributed by atoms with Gasteiger partial charge in [0.25, 0.3) is 0 Å². The number of aryl methyl sites for hydroxylation is 1. The van der Waals surface area contributed by atoms with Crippen molar-refractivity contribution < 1.29 is 9.90 Å². The van der Waals surface area contributed by atoms with E-state index in [2.05, 4.69) is 31.9 Å². The zero-order valence-corrected chi connectivity index (χ0v) is 18.4. The molecule has 0 radical (unpaired) electrons. The second kappa shape index (κ2) is 6.54. The Morgan fingerprint density at radius 1 is 1.17 bits per heavy atom. The SMILES string of the molecule is Cc1c(/C=C2\C[C@@H]3[C@H]4CC[C@H]5C[C@@H](O)CC[C@]5(C)[C@@H]4CC[C@@]3(C)C2=O)cnn1C. The lowest BCUT2D eigenvalue weighted by Gasteiger charge is -2.59. The first-order valence-electron chi connectivity index (χ1n) is 11.7. The molecule has 1 heterocycles. The van der Waals surface area contributed by atoms with E-state index in [-0.39, 0.29) is 11.5 Å². The Labute approximate surface area is 174 Å². The zero-order chi connectivity index (χ0) is 20.6. The van der Waals surface area contributed by atoms with E-state index in [9.17, 15) is 9.90 Å². The molecule has 1 N–H and O–H groups in total. The minimum atomic E-state index is -0.180. The Morgan fingerprint density at radius 2 is 1.97 bits per heavy atom. The third kappa shape index (κ3) is 2.74. The second-order valence-electron chi connectivity index (χ2n) is 11.1. The Bertz CT molecular complexity index is 870. The van der Waals surface area contributed by atoms with Crippen molar-refractivity contribution in [1.82, 2.24) is 9.78 Å². The maximum Gasteiger partial charge on any atom is 0.165 e. The quantitative estimate of drug-likeness (QED) is 0.701. The second-order valence-corrected chi connectivity index (χ2v) is 11.1. The summed E-state index contributed by atoms with van der Waals surface area (Å²) in [5.41, 5.74) is 3.42. The molecule has 4 saturated carbocycles. The number of aliphatic hydroxyl groups excluding tert-OH is 1. The van der Waals surface area contributed by atoms with Gasteiger partial charge in [0, 0.05) is 23.7 Å². The molecule has 4 aliphatic rings. The summed E-state index contributed by atoms with van der Waals surface area (Å²) in [5, 5.41) is 14.6. The first kappa shape index (κ1) is 19.5. The van der Waals surface area contributed by atoms with E-state index in [1.165, 1.54) is 19.3 Å². The fraction of sp³-hybridized carbons (Fsp3) is 0.760. The van der Waals surface area contributed by atoms with Crippen LogP contribution in [0.3, 0.4) is 0 Å². The molecule has 4 aliphatic carbocycles. The standard InChI is InChI=1S/C25H36N2O2/c1-15-17(14-26-27(15)4)11-16-12-22-20-6-5-18-13-19(28)7-9-24(18,2)21(20)8-10-25(22,3)23(16)29/h11,14,18-22,28H,5-10,12-13H2,1-4H3/b16-11+/t18-,19-,20-,21+,22+,24-,25+/m0/s1. The number of nitrogens with zero attached hydrogens (tertiary/aromatic N) is 2. The number of aliphatic hydroxyl groups is 1. The summed E-state index contributed by atoms with van der Waals surface area (Å²) in [6.45, 7) is 6.84. The number of rotatable bonds is 1. The van der Waals surface area contributed by atoms with Gasteiger partial charge in [0.1, 0.15) is 0 Å². The van der Waals surface area contributed by atoms with Gasteiger partial charge in [-0.2, -0.15) is 5.10 Å². The van der Waals surface area contributed by atoms with Gasteiger partial charge in [-0.05, 0) is 99.0 Å². The topological polar surface area (TPSA) is 55.1 Å². The van der Waals surface area contributed by atoms with Gasteiger partial charge in [-0.15, -0.1) is 0 Å². The highest BCUT2D eigenvalue weighted by Gasteiger charge is 2.61. The fourth-order valence-electron chi connectivity index (χ4n) is 7.88. The van der Waals surface area contributed by atoms with E-state index in [1.54, 1.807) is 0 Å². The average molecular weight is 397 g/mol. The van der Waals surface area contributed by atoms with E-state index in [1.807, 2.05) is 17.9 Å². The third-order valence-electron chi connectivity index (χ3n) is 9.88. The molecule has 0 unspecified atom stereocenters. The number of fused-ring (bicyclic) bond motifs is 5. The number of aromatic nitrogens is 2. The predicted octanol–water partition coefficient (Wildman–Crippen LogP) is 4.69. The molecule has 4 heteroatoms. The van der Waals surface area contributed by atoms with Crippen molar-refractivity contribution in [1.29, 1.82) is 0 Å². The Hall–Kier alpha value is -1.42. The smallest absolute Gasteiger partial charge is 0.165 e. The van der Waals surface area contributed by atoms with Crippen LogP contribution in [0.2, 0.25) is 0 Å². The molecular formula is C25H36N2O2. The zero-order valence-electron chi connectivity index (χ0n) is 18.4. The molecule has 29 heavy (non-hydrogen) atoms. The van der Waals surface area contributed by atoms with Gasteiger partial charge in [0.05, 0.1) is 12.3 Å². The summed E-state index contributed by atoms with van der Waals surface area (Å²) in [5.74, 6) is 2.94. The lowest BCUT2D eigenvalue weighted by atomic mass is 9.45. The molecular weight excluding hydrogens is 360 g/mol. The largest absolute Gasteiger partial charge is 0.393 e. The highest BCUT2D eigenvalue weighted by atomic mass is 16.3. The number of Topliss-reactive ketones (excluding diaryl/α,β-unsaturated/α-hetero) is 1. The normalized spacial score (nSPS) is 45.8. The monoisotopic (exact) mass is 396 g/mol. The summed E-state index contributed by atoms with van der Waals surface area (Å²) in [4.78, 5) is 13.5. The number of carbonyl (C=O) groups is 1. The molecule has 7 atom stereocenters. The van der Waals surface area contributed by atoms with E-state index >= 15 is 0 Å². The molecule has 5 rings (SSSR count).